The number of methoxy groups -OCH3 is 1. The second-order valence-corrected chi connectivity index (χ2v) is 8.43. The van der Waals surface area contributed by atoms with Gasteiger partial charge in [-0.05, 0) is 24.5 Å². The van der Waals surface area contributed by atoms with Crippen LogP contribution in [-0.2, 0) is 16.6 Å². The molecule has 3 rings (SSSR count). The van der Waals surface area contributed by atoms with Crippen LogP contribution in [0.1, 0.15) is 18.4 Å². The smallest absolute Gasteiger partial charge is 0.271 e. The molecule has 0 saturated carbocycles. The van der Waals surface area contributed by atoms with Crippen molar-refractivity contribution in [1.29, 1.82) is 0 Å². The molecule has 2 aromatic rings. The van der Waals surface area contributed by atoms with E-state index in [1.54, 1.807) is 0 Å². The molecule has 8 nitrogen and oxygen atoms in total. The van der Waals surface area contributed by atoms with E-state index in [0.717, 1.165) is 25.7 Å². The molecule has 0 unspecified atom stereocenters. The number of benzene rings is 2. The zero-order valence-electron chi connectivity index (χ0n) is 15.6. The third-order valence-electron chi connectivity index (χ3n) is 4.81. The summed E-state index contributed by atoms with van der Waals surface area (Å²) in [4.78, 5) is 12.4. The molecule has 9 heteroatoms. The molecule has 1 fully saturated rings. The summed E-state index contributed by atoms with van der Waals surface area (Å²) in [5.74, 6) is 0.0830. The van der Waals surface area contributed by atoms with E-state index in [0.29, 0.717) is 12.8 Å². The molecule has 1 N–H and O–H groups in total. The average Bonchev–Trinajstić information content (AvgIpc) is 2.69. The van der Waals surface area contributed by atoms with Crippen molar-refractivity contribution in [2.75, 3.05) is 20.2 Å². The second-order valence-electron chi connectivity index (χ2n) is 6.75. The van der Waals surface area contributed by atoms with Gasteiger partial charge in [0.15, 0.2) is 0 Å². The zero-order valence-corrected chi connectivity index (χ0v) is 16.4. The fourth-order valence-corrected chi connectivity index (χ4v) is 4.82. The first-order chi connectivity index (χ1) is 13.4. The van der Waals surface area contributed by atoms with E-state index >= 15 is 0 Å². The van der Waals surface area contributed by atoms with Gasteiger partial charge in [0.25, 0.3) is 5.69 Å². The van der Waals surface area contributed by atoms with Crippen molar-refractivity contribution in [3.8, 4) is 5.75 Å². The van der Waals surface area contributed by atoms with Crippen LogP contribution in [0.3, 0.4) is 0 Å². The highest BCUT2D eigenvalue weighted by Crippen LogP contribution is 2.28. The van der Waals surface area contributed by atoms with Crippen LogP contribution in [0.25, 0.3) is 0 Å². The van der Waals surface area contributed by atoms with E-state index in [1.807, 2.05) is 18.2 Å². The van der Waals surface area contributed by atoms with Gasteiger partial charge in [0.1, 0.15) is 10.6 Å². The topological polar surface area (TPSA) is 102 Å². The van der Waals surface area contributed by atoms with E-state index in [4.69, 9.17) is 4.74 Å². The lowest BCUT2D eigenvalue weighted by Crippen LogP contribution is -2.44. The Morgan fingerprint density at radius 2 is 1.86 bits per heavy atom. The highest BCUT2D eigenvalue weighted by Gasteiger charge is 2.28. The molecule has 1 aliphatic rings. The normalized spacial score (nSPS) is 16.0. The lowest BCUT2D eigenvalue weighted by Gasteiger charge is -2.32. The van der Waals surface area contributed by atoms with Crippen molar-refractivity contribution in [3.05, 3.63) is 64.2 Å². The highest BCUT2D eigenvalue weighted by molar-refractivity contribution is 7.89. The molecule has 150 valence electrons. The lowest BCUT2D eigenvalue weighted by molar-refractivity contribution is -0.385. The zero-order chi connectivity index (χ0) is 20.1. The van der Waals surface area contributed by atoms with Gasteiger partial charge in [-0.25, -0.2) is 13.1 Å². The first kappa shape index (κ1) is 20.2. The number of hydrogen-bond donors (Lipinski definition) is 1. The summed E-state index contributed by atoms with van der Waals surface area (Å²) in [6.45, 7) is 2.38. The van der Waals surface area contributed by atoms with Crippen LogP contribution in [0.4, 0.5) is 5.69 Å². The van der Waals surface area contributed by atoms with E-state index in [2.05, 4.69) is 21.8 Å². The number of nitro groups is 1. The largest absolute Gasteiger partial charge is 0.495 e. The molecule has 2 aromatic carbocycles. The minimum absolute atomic E-state index is 0.0830. The minimum atomic E-state index is -3.93. The van der Waals surface area contributed by atoms with Gasteiger partial charge >= 0.3 is 0 Å². The summed E-state index contributed by atoms with van der Waals surface area (Å²) in [7, 11) is -2.60. The van der Waals surface area contributed by atoms with Crippen LogP contribution in [0.5, 0.6) is 5.75 Å². The SMILES string of the molecule is COc1ccc([N+](=O)[O-])cc1S(=O)(=O)NC1CCN(Cc2ccccc2)CC1. The fourth-order valence-electron chi connectivity index (χ4n) is 3.32. The third-order valence-corrected chi connectivity index (χ3v) is 6.35. The summed E-state index contributed by atoms with van der Waals surface area (Å²) >= 11 is 0. The standard InChI is InChI=1S/C19H23N3O5S/c1-27-18-8-7-17(22(23)24)13-19(18)28(25,26)20-16-9-11-21(12-10-16)14-15-5-3-2-4-6-15/h2-8,13,16,20H,9-12,14H2,1H3. The summed E-state index contributed by atoms with van der Waals surface area (Å²) < 4.78 is 33.4. The second kappa shape index (κ2) is 8.68. The maximum absolute atomic E-state index is 12.8. The number of nitrogens with one attached hydrogen (secondary N) is 1. The van der Waals surface area contributed by atoms with Gasteiger partial charge < -0.3 is 4.74 Å². The van der Waals surface area contributed by atoms with Crippen molar-refractivity contribution >= 4 is 15.7 Å². The summed E-state index contributed by atoms with van der Waals surface area (Å²) in [6, 6.07) is 13.5. The van der Waals surface area contributed by atoms with Crippen LogP contribution in [0.2, 0.25) is 0 Å². The number of likely N-dealkylation sites (tertiary alicyclic amines) is 1. The van der Waals surface area contributed by atoms with Gasteiger partial charge in [-0.15, -0.1) is 0 Å². The number of nitro benzene ring substituents is 1. The maximum Gasteiger partial charge on any atom is 0.271 e. The first-order valence-corrected chi connectivity index (χ1v) is 10.5. The Kier molecular flexibility index (Phi) is 6.28. The molecule has 1 saturated heterocycles. The Balaban J connectivity index is 1.65. The average molecular weight is 405 g/mol. The van der Waals surface area contributed by atoms with Crippen molar-refractivity contribution in [1.82, 2.24) is 9.62 Å². The highest BCUT2D eigenvalue weighted by atomic mass is 32.2. The lowest BCUT2D eigenvalue weighted by atomic mass is 10.1. The van der Waals surface area contributed by atoms with E-state index in [9.17, 15) is 18.5 Å². The number of rotatable bonds is 7. The Morgan fingerprint density at radius 3 is 2.46 bits per heavy atom. The minimum Gasteiger partial charge on any atom is -0.495 e. The number of hydrogen-bond acceptors (Lipinski definition) is 6. The van der Waals surface area contributed by atoms with Crippen molar-refractivity contribution < 1.29 is 18.1 Å². The van der Waals surface area contributed by atoms with Gasteiger partial charge in [0.05, 0.1) is 12.0 Å². The molecule has 0 amide bonds. The summed E-state index contributed by atoms with van der Waals surface area (Å²) in [5.41, 5.74) is 0.932. The van der Waals surface area contributed by atoms with Crippen LogP contribution in [-0.4, -0.2) is 44.5 Å². The van der Waals surface area contributed by atoms with Gasteiger partial charge in [0, 0.05) is 37.8 Å². The van der Waals surface area contributed by atoms with Crippen LogP contribution in [0, 0.1) is 10.1 Å². The summed E-state index contributed by atoms with van der Waals surface area (Å²) in [5, 5.41) is 11.0. The number of nitrogens with zero attached hydrogens (tertiary/aromatic N) is 2. The molecule has 0 aromatic heterocycles. The molecular formula is C19H23N3O5S. The molecule has 0 bridgehead atoms. The molecule has 0 aliphatic carbocycles. The van der Waals surface area contributed by atoms with E-state index in [-0.39, 0.29) is 22.4 Å². The van der Waals surface area contributed by atoms with Crippen molar-refractivity contribution in [2.24, 2.45) is 0 Å². The first-order valence-electron chi connectivity index (χ1n) is 9.00. The monoisotopic (exact) mass is 405 g/mol. The summed E-state index contributed by atoms with van der Waals surface area (Å²) in [6.07, 6.45) is 1.34. The van der Waals surface area contributed by atoms with Gasteiger partial charge in [-0.2, -0.15) is 0 Å². The van der Waals surface area contributed by atoms with Crippen LogP contribution in [0.15, 0.2) is 53.4 Å². The van der Waals surface area contributed by atoms with Crippen molar-refractivity contribution in [3.63, 3.8) is 0 Å². The number of piperidine rings is 1. The molecular weight excluding hydrogens is 382 g/mol. The van der Waals surface area contributed by atoms with Gasteiger partial charge in [0.2, 0.25) is 10.0 Å². The van der Waals surface area contributed by atoms with Crippen LogP contribution < -0.4 is 9.46 Å². The quantitative estimate of drug-likeness (QED) is 0.561. The fraction of sp³-hybridized carbons (Fsp3) is 0.368. The number of sulfonamides is 1. The third kappa shape index (κ3) is 4.86. The molecule has 0 atom stereocenters. The molecule has 0 spiro atoms. The van der Waals surface area contributed by atoms with Gasteiger partial charge in [-0.1, -0.05) is 30.3 Å². The van der Waals surface area contributed by atoms with E-state index < -0.39 is 14.9 Å². The Bertz CT molecular complexity index is 926. The Morgan fingerprint density at radius 1 is 1.18 bits per heavy atom. The Labute approximate surface area is 164 Å². The van der Waals surface area contributed by atoms with Crippen molar-refractivity contribution in [2.45, 2.75) is 30.3 Å². The number of non-ortho nitro benzene ring substituents is 1. The van der Waals surface area contributed by atoms with Gasteiger partial charge in [-0.3, -0.25) is 15.0 Å². The van der Waals surface area contributed by atoms with Crippen LogP contribution >= 0.6 is 0 Å². The van der Waals surface area contributed by atoms with E-state index in [1.165, 1.54) is 24.8 Å². The predicted molar refractivity (Wildman–Crippen MR) is 105 cm³/mol. The Hall–Kier alpha value is -2.49. The number of ether oxygens (including phenoxy) is 1. The maximum atomic E-state index is 12.8. The predicted octanol–water partition coefficient (Wildman–Crippen LogP) is 2.55. The molecule has 28 heavy (non-hydrogen) atoms. The molecule has 1 aliphatic heterocycles. The molecule has 0 radical (unpaired) electrons. The molecule has 1 heterocycles.